The molecule has 1 heterocycles. The van der Waals surface area contributed by atoms with Gasteiger partial charge in [0.1, 0.15) is 0 Å². The fraction of sp³-hybridized carbons (Fsp3) is 0.273. The molecule has 0 spiro atoms. The van der Waals surface area contributed by atoms with Gasteiger partial charge < -0.3 is 0 Å². The standard InChI is InChI=1S/C11H11BrO4S2/c12-10-4-1-3-9(7-10)11-8-17(13,14)5-2-6-18(11,15)16/h1,3-4,7-8H,2,5-6H2. The maximum atomic E-state index is 12.1. The average Bonchev–Trinajstić information content (AvgIpc) is 2.35. The van der Waals surface area contributed by atoms with E-state index in [9.17, 15) is 16.8 Å². The third-order valence-corrected chi connectivity index (χ3v) is 6.52. The highest BCUT2D eigenvalue weighted by Gasteiger charge is 2.26. The Labute approximate surface area is 115 Å². The van der Waals surface area contributed by atoms with Crippen molar-refractivity contribution in [1.29, 1.82) is 0 Å². The molecule has 0 aromatic heterocycles. The van der Waals surface area contributed by atoms with E-state index in [4.69, 9.17) is 0 Å². The molecule has 0 aliphatic carbocycles. The van der Waals surface area contributed by atoms with Crippen LogP contribution in [0.25, 0.3) is 4.91 Å². The van der Waals surface area contributed by atoms with E-state index < -0.39 is 19.7 Å². The zero-order valence-corrected chi connectivity index (χ0v) is 12.6. The first kappa shape index (κ1) is 13.8. The molecule has 0 amide bonds. The maximum absolute atomic E-state index is 12.1. The first-order chi connectivity index (χ1) is 8.30. The highest BCUT2D eigenvalue weighted by molar-refractivity contribution is 9.10. The quantitative estimate of drug-likeness (QED) is 0.776. The lowest BCUT2D eigenvalue weighted by Gasteiger charge is -2.06. The van der Waals surface area contributed by atoms with E-state index in [0.29, 0.717) is 10.0 Å². The molecule has 1 aliphatic rings. The van der Waals surface area contributed by atoms with Crippen LogP contribution in [0.2, 0.25) is 0 Å². The summed E-state index contributed by atoms with van der Waals surface area (Å²) in [6, 6.07) is 6.62. The van der Waals surface area contributed by atoms with E-state index in [-0.39, 0.29) is 22.8 Å². The summed E-state index contributed by atoms with van der Waals surface area (Å²) < 4.78 is 48.2. The first-order valence-electron chi connectivity index (χ1n) is 5.23. The van der Waals surface area contributed by atoms with Gasteiger partial charge >= 0.3 is 0 Å². The largest absolute Gasteiger partial charge is 0.224 e. The predicted molar refractivity (Wildman–Crippen MR) is 74.3 cm³/mol. The zero-order valence-electron chi connectivity index (χ0n) is 9.34. The second-order valence-electron chi connectivity index (χ2n) is 4.03. The number of halogens is 1. The molecule has 1 aromatic carbocycles. The second kappa shape index (κ2) is 4.79. The number of sulfone groups is 2. The van der Waals surface area contributed by atoms with Crippen LogP contribution < -0.4 is 0 Å². The summed E-state index contributed by atoms with van der Waals surface area (Å²) in [5, 5.41) is 0.886. The minimum absolute atomic E-state index is 0.110. The van der Waals surface area contributed by atoms with Crippen LogP contribution in [-0.4, -0.2) is 28.3 Å². The molecule has 0 unspecified atom stereocenters. The average molecular weight is 351 g/mol. The van der Waals surface area contributed by atoms with Gasteiger partial charge in [0, 0.05) is 9.88 Å². The molecule has 2 rings (SSSR count). The van der Waals surface area contributed by atoms with E-state index in [1.54, 1.807) is 24.3 Å². The molecule has 0 saturated carbocycles. The van der Waals surface area contributed by atoms with Crippen molar-refractivity contribution in [3.05, 3.63) is 39.7 Å². The summed E-state index contributed by atoms with van der Waals surface area (Å²) in [6.07, 6.45) is 0.138. The molecule has 0 atom stereocenters. The highest BCUT2D eigenvalue weighted by Crippen LogP contribution is 2.28. The molecule has 98 valence electrons. The summed E-state index contributed by atoms with van der Waals surface area (Å²) in [5.41, 5.74) is 0.398. The van der Waals surface area contributed by atoms with Crippen molar-refractivity contribution in [1.82, 2.24) is 0 Å². The van der Waals surface area contributed by atoms with Gasteiger partial charge in [0.15, 0.2) is 19.7 Å². The van der Waals surface area contributed by atoms with Gasteiger partial charge in [-0.15, -0.1) is 0 Å². The third kappa shape index (κ3) is 3.02. The lowest BCUT2D eigenvalue weighted by Crippen LogP contribution is -2.07. The van der Waals surface area contributed by atoms with Gasteiger partial charge in [-0.25, -0.2) is 16.8 Å². The van der Waals surface area contributed by atoms with Crippen molar-refractivity contribution in [2.75, 3.05) is 11.5 Å². The SMILES string of the molecule is O=S1(=O)C=C(c2cccc(Br)c2)S(=O)(=O)CCC1. The molecule has 1 aliphatic heterocycles. The van der Waals surface area contributed by atoms with Gasteiger partial charge in [0.2, 0.25) is 0 Å². The lowest BCUT2D eigenvalue weighted by atomic mass is 10.2. The molecule has 0 fully saturated rings. The summed E-state index contributed by atoms with van der Waals surface area (Å²) in [7, 11) is -7.00. The topological polar surface area (TPSA) is 68.3 Å². The lowest BCUT2D eigenvalue weighted by molar-refractivity contribution is 0.602. The molecule has 4 nitrogen and oxygen atoms in total. The Kier molecular flexibility index (Phi) is 3.66. The number of hydrogen-bond acceptors (Lipinski definition) is 4. The first-order valence-corrected chi connectivity index (χ1v) is 9.39. The van der Waals surface area contributed by atoms with E-state index in [1.807, 2.05) is 0 Å². The van der Waals surface area contributed by atoms with E-state index >= 15 is 0 Å². The number of rotatable bonds is 1. The van der Waals surface area contributed by atoms with Gasteiger partial charge in [-0.05, 0) is 24.1 Å². The second-order valence-corrected chi connectivity index (χ2v) is 8.99. The van der Waals surface area contributed by atoms with Crippen molar-refractivity contribution >= 4 is 40.5 Å². The minimum atomic E-state index is -3.54. The van der Waals surface area contributed by atoms with Crippen molar-refractivity contribution in [3.63, 3.8) is 0 Å². The Morgan fingerprint density at radius 3 is 2.44 bits per heavy atom. The van der Waals surface area contributed by atoms with Crippen molar-refractivity contribution in [2.24, 2.45) is 0 Å². The summed E-state index contributed by atoms with van der Waals surface area (Å²) in [5.74, 6) is -0.256. The Hall–Kier alpha value is -0.660. The zero-order chi connectivity index (χ0) is 13.4. The third-order valence-electron chi connectivity index (χ3n) is 2.57. The molecule has 7 heteroatoms. The molecule has 18 heavy (non-hydrogen) atoms. The maximum Gasteiger partial charge on any atom is 0.179 e. The number of benzene rings is 1. The molecular weight excluding hydrogens is 340 g/mol. The van der Waals surface area contributed by atoms with Crippen molar-refractivity contribution in [2.45, 2.75) is 6.42 Å². The van der Waals surface area contributed by atoms with Gasteiger partial charge in [-0.3, -0.25) is 0 Å². The monoisotopic (exact) mass is 350 g/mol. The summed E-state index contributed by atoms with van der Waals surface area (Å²) in [4.78, 5) is -0.110. The predicted octanol–water partition coefficient (Wildman–Crippen LogP) is 1.98. The van der Waals surface area contributed by atoms with Gasteiger partial charge in [0.05, 0.1) is 16.4 Å². The van der Waals surface area contributed by atoms with E-state index in [2.05, 4.69) is 15.9 Å². The smallest absolute Gasteiger partial charge is 0.179 e. The Morgan fingerprint density at radius 1 is 1.06 bits per heavy atom. The molecule has 0 saturated heterocycles. The van der Waals surface area contributed by atoms with Crippen LogP contribution in [-0.2, 0) is 19.7 Å². The Morgan fingerprint density at radius 2 is 1.78 bits per heavy atom. The van der Waals surface area contributed by atoms with Crippen LogP contribution in [0, 0.1) is 0 Å². The van der Waals surface area contributed by atoms with E-state index in [1.165, 1.54) is 0 Å². The van der Waals surface area contributed by atoms with Crippen LogP contribution in [0.3, 0.4) is 0 Å². The van der Waals surface area contributed by atoms with Crippen molar-refractivity contribution < 1.29 is 16.8 Å². The van der Waals surface area contributed by atoms with E-state index in [0.717, 1.165) is 5.41 Å². The van der Waals surface area contributed by atoms with Crippen LogP contribution in [0.5, 0.6) is 0 Å². The molecule has 0 bridgehead atoms. The van der Waals surface area contributed by atoms with Gasteiger partial charge in [0.25, 0.3) is 0 Å². The summed E-state index contributed by atoms with van der Waals surface area (Å²) in [6.45, 7) is 0. The van der Waals surface area contributed by atoms with Gasteiger partial charge in [-0.2, -0.15) is 0 Å². The Bertz CT molecular complexity index is 702. The van der Waals surface area contributed by atoms with Crippen LogP contribution in [0.4, 0.5) is 0 Å². The highest BCUT2D eigenvalue weighted by atomic mass is 79.9. The van der Waals surface area contributed by atoms with Crippen molar-refractivity contribution in [3.8, 4) is 0 Å². The molecule has 1 aromatic rings. The fourth-order valence-corrected chi connectivity index (χ4v) is 5.71. The summed E-state index contributed by atoms with van der Waals surface area (Å²) >= 11 is 3.24. The van der Waals surface area contributed by atoms with Gasteiger partial charge in [-0.1, -0.05) is 28.1 Å². The van der Waals surface area contributed by atoms with Crippen LogP contribution in [0.15, 0.2) is 34.1 Å². The Balaban J connectivity index is 2.67. The molecule has 0 radical (unpaired) electrons. The molecule has 0 N–H and O–H groups in total. The minimum Gasteiger partial charge on any atom is -0.224 e. The fourth-order valence-electron chi connectivity index (χ4n) is 1.74. The van der Waals surface area contributed by atoms with Crippen LogP contribution >= 0.6 is 15.9 Å². The molecular formula is C11H11BrO4S2. The normalized spacial score (nSPS) is 21.9. The number of hydrogen-bond donors (Lipinski definition) is 0. The van der Waals surface area contributed by atoms with Crippen LogP contribution in [0.1, 0.15) is 12.0 Å².